The van der Waals surface area contributed by atoms with Gasteiger partial charge in [0, 0.05) is 49.7 Å². The van der Waals surface area contributed by atoms with Crippen molar-refractivity contribution in [2.45, 2.75) is 13.8 Å². The van der Waals surface area contributed by atoms with Crippen LogP contribution in [0.25, 0.3) is 11.3 Å². The average molecular weight is 430 g/mol. The predicted molar refractivity (Wildman–Crippen MR) is 129 cm³/mol. The van der Waals surface area contributed by atoms with Crippen LogP contribution in [0, 0.1) is 0 Å². The third kappa shape index (κ3) is 4.83. The molecule has 1 aromatic heterocycles. The highest BCUT2D eigenvalue weighted by Crippen LogP contribution is 2.25. The fourth-order valence-electron chi connectivity index (χ4n) is 3.34. The number of aliphatic imine (C=N–C) groups is 1. The van der Waals surface area contributed by atoms with Crippen LogP contribution in [0.5, 0.6) is 0 Å². The number of benzene rings is 2. The Morgan fingerprint density at radius 2 is 1.75 bits per heavy atom. The quantitative estimate of drug-likeness (QED) is 0.468. The normalized spacial score (nSPS) is 11.9. The lowest BCUT2D eigenvalue weighted by atomic mass is 10.1. The number of aromatic nitrogens is 2. The van der Waals surface area contributed by atoms with Gasteiger partial charge in [-0.3, -0.25) is 24.2 Å². The molecule has 0 fully saturated rings. The summed E-state index contributed by atoms with van der Waals surface area (Å²) in [6, 6.07) is 18.4. The van der Waals surface area contributed by atoms with Crippen LogP contribution in [0.4, 0.5) is 11.5 Å². The number of nitrogens with zero attached hydrogens (tertiary/aromatic N) is 4. The van der Waals surface area contributed by atoms with E-state index in [0.717, 1.165) is 11.3 Å². The molecule has 7 heteroatoms. The van der Waals surface area contributed by atoms with Crippen molar-refractivity contribution in [3.05, 3.63) is 77.9 Å². The zero-order valence-electron chi connectivity index (χ0n) is 19.0. The number of rotatable bonds is 6. The molecule has 1 N–H and O–H groups in total. The summed E-state index contributed by atoms with van der Waals surface area (Å²) in [4.78, 5) is 30.9. The Kier molecular flexibility index (Phi) is 7.00. The minimum absolute atomic E-state index is 0.107. The van der Waals surface area contributed by atoms with E-state index in [1.165, 1.54) is 0 Å². The maximum absolute atomic E-state index is 12.8. The molecule has 0 aliphatic rings. The van der Waals surface area contributed by atoms with Crippen molar-refractivity contribution in [3.8, 4) is 11.3 Å². The summed E-state index contributed by atoms with van der Waals surface area (Å²) in [5.74, 6) is 0.367. The second-order valence-electron chi connectivity index (χ2n) is 7.28. The molecular weight excluding hydrogens is 402 g/mol. The van der Waals surface area contributed by atoms with Crippen molar-refractivity contribution >= 4 is 29.0 Å². The molecule has 0 radical (unpaired) electrons. The highest BCUT2D eigenvalue weighted by molar-refractivity contribution is 6.24. The smallest absolute Gasteiger partial charge is 0.259 e. The van der Waals surface area contributed by atoms with Gasteiger partial charge in [0.25, 0.3) is 11.8 Å². The molecule has 0 spiro atoms. The van der Waals surface area contributed by atoms with E-state index in [0.29, 0.717) is 28.4 Å². The van der Waals surface area contributed by atoms with Gasteiger partial charge < -0.3 is 5.32 Å². The van der Waals surface area contributed by atoms with E-state index in [1.807, 2.05) is 55.5 Å². The van der Waals surface area contributed by atoms with E-state index in [4.69, 9.17) is 0 Å². The molecule has 0 aliphatic carbocycles. The van der Waals surface area contributed by atoms with Crippen LogP contribution < -0.4 is 10.2 Å². The Balaban J connectivity index is 1.77. The first-order chi connectivity index (χ1) is 15.3. The molecule has 2 aromatic carbocycles. The summed E-state index contributed by atoms with van der Waals surface area (Å²) in [7, 11) is 5.19. The Bertz CT molecular complexity index is 1170. The monoisotopic (exact) mass is 429 g/mol. The number of allylic oxidation sites excluding steroid dienone is 1. The minimum Gasteiger partial charge on any atom is -0.322 e. The van der Waals surface area contributed by atoms with Gasteiger partial charge in [-0.15, -0.1) is 0 Å². The summed E-state index contributed by atoms with van der Waals surface area (Å²) in [5.41, 5.74) is 4.12. The Morgan fingerprint density at radius 1 is 1.09 bits per heavy atom. The summed E-state index contributed by atoms with van der Waals surface area (Å²) < 4.78 is 1.68. The first kappa shape index (κ1) is 22.7. The second-order valence-corrected chi connectivity index (χ2v) is 7.28. The first-order valence-corrected chi connectivity index (χ1v) is 10.2. The van der Waals surface area contributed by atoms with Gasteiger partial charge in [0.2, 0.25) is 0 Å². The largest absolute Gasteiger partial charge is 0.322 e. The molecule has 0 aliphatic heterocycles. The molecule has 1 heterocycles. The lowest BCUT2D eigenvalue weighted by Crippen LogP contribution is -2.28. The molecule has 3 rings (SSSR count). The van der Waals surface area contributed by atoms with Gasteiger partial charge in [-0.05, 0) is 38.1 Å². The van der Waals surface area contributed by atoms with E-state index in [1.54, 1.807) is 55.9 Å². The van der Waals surface area contributed by atoms with Crippen molar-refractivity contribution in [2.24, 2.45) is 12.0 Å². The number of carbonyl (C=O) groups excluding carboxylic acids is 2. The molecular formula is C25H27N5O2. The molecule has 0 saturated heterocycles. The molecule has 0 bridgehead atoms. The zero-order valence-corrected chi connectivity index (χ0v) is 19.0. The fourth-order valence-corrected chi connectivity index (χ4v) is 3.34. The van der Waals surface area contributed by atoms with E-state index in [9.17, 15) is 9.59 Å². The first-order valence-electron chi connectivity index (χ1n) is 10.2. The van der Waals surface area contributed by atoms with Crippen molar-refractivity contribution in [1.29, 1.82) is 0 Å². The molecule has 0 unspecified atom stereocenters. The van der Waals surface area contributed by atoms with Crippen molar-refractivity contribution in [2.75, 3.05) is 24.3 Å². The van der Waals surface area contributed by atoms with Crippen LogP contribution >= 0.6 is 0 Å². The lowest BCUT2D eigenvalue weighted by molar-refractivity contribution is -0.112. The van der Waals surface area contributed by atoms with Gasteiger partial charge in [0.1, 0.15) is 5.82 Å². The van der Waals surface area contributed by atoms with Crippen LogP contribution in [-0.2, 0) is 11.8 Å². The number of carbonyl (C=O) groups is 2. The van der Waals surface area contributed by atoms with E-state index in [2.05, 4.69) is 15.4 Å². The van der Waals surface area contributed by atoms with Crippen LogP contribution in [0.15, 0.2) is 77.3 Å². The Morgan fingerprint density at radius 3 is 2.34 bits per heavy atom. The van der Waals surface area contributed by atoms with Crippen molar-refractivity contribution in [3.63, 3.8) is 0 Å². The number of anilines is 2. The average Bonchev–Trinajstić information content (AvgIpc) is 3.20. The molecule has 3 aromatic rings. The maximum Gasteiger partial charge on any atom is 0.259 e. The van der Waals surface area contributed by atoms with E-state index < -0.39 is 0 Å². The fraction of sp³-hybridized carbons (Fsp3) is 0.200. The summed E-state index contributed by atoms with van der Waals surface area (Å²) >= 11 is 0. The number of aryl methyl sites for hydroxylation is 1. The molecule has 32 heavy (non-hydrogen) atoms. The number of nitrogens with one attached hydrogen (secondary N) is 1. The topological polar surface area (TPSA) is 79.6 Å². The van der Waals surface area contributed by atoms with E-state index in [-0.39, 0.29) is 11.8 Å². The highest BCUT2D eigenvalue weighted by atomic mass is 16.2. The number of amides is 2. The van der Waals surface area contributed by atoms with Gasteiger partial charge in [-0.1, -0.05) is 36.4 Å². The maximum atomic E-state index is 12.8. The molecule has 0 atom stereocenters. The predicted octanol–water partition coefficient (Wildman–Crippen LogP) is 4.34. The molecule has 7 nitrogen and oxygen atoms in total. The van der Waals surface area contributed by atoms with Crippen molar-refractivity contribution in [1.82, 2.24) is 9.78 Å². The molecule has 164 valence electrons. The van der Waals surface area contributed by atoms with Crippen LogP contribution in [0.1, 0.15) is 24.2 Å². The van der Waals surface area contributed by atoms with Gasteiger partial charge in [0.05, 0.1) is 11.3 Å². The minimum atomic E-state index is -0.204. The van der Waals surface area contributed by atoms with Gasteiger partial charge in [0.15, 0.2) is 0 Å². The van der Waals surface area contributed by atoms with Gasteiger partial charge >= 0.3 is 0 Å². The third-order valence-electron chi connectivity index (χ3n) is 5.22. The van der Waals surface area contributed by atoms with Crippen LogP contribution in [-0.4, -0.2) is 41.4 Å². The summed E-state index contributed by atoms with van der Waals surface area (Å²) in [5, 5.41) is 7.44. The second kappa shape index (κ2) is 9.87. The SMILES string of the molecule is C/C=C(/C(=O)Nc1ccc(-c2cc(N(C)C(=O)c3ccccc3)n(C)n2)cc1)C(C)=NC. The van der Waals surface area contributed by atoms with Gasteiger partial charge in [-0.2, -0.15) is 5.10 Å². The lowest BCUT2D eigenvalue weighted by Gasteiger charge is -2.16. The van der Waals surface area contributed by atoms with Crippen molar-refractivity contribution < 1.29 is 9.59 Å². The van der Waals surface area contributed by atoms with Crippen LogP contribution in [0.3, 0.4) is 0 Å². The Labute approximate surface area is 188 Å². The highest BCUT2D eigenvalue weighted by Gasteiger charge is 2.18. The number of hydrogen-bond acceptors (Lipinski definition) is 4. The standard InChI is InChI=1S/C25H27N5O2/c1-6-21(17(2)26-3)24(31)27-20-14-12-18(13-15-20)22-16-23(30(5)28-22)29(4)25(32)19-10-8-7-9-11-19/h6-16H,1-5H3,(H,27,31)/b21-6+,26-17?. The Hall–Kier alpha value is -4.00. The summed E-state index contributed by atoms with van der Waals surface area (Å²) in [6.45, 7) is 3.61. The number of hydrogen-bond donors (Lipinski definition) is 1. The summed E-state index contributed by atoms with van der Waals surface area (Å²) in [6.07, 6.45) is 1.74. The van der Waals surface area contributed by atoms with Crippen LogP contribution in [0.2, 0.25) is 0 Å². The zero-order chi connectivity index (χ0) is 23.3. The molecule has 0 saturated carbocycles. The third-order valence-corrected chi connectivity index (χ3v) is 5.22. The van der Waals surface area contributed by atoms with Gasteiger partial charge in [-0.25, -0.2) is 0 Å². The molecule has 2 amide bonds. The van der Waals surface area contributed by atoms with E-state index >= 15 is 0 Å².